The first kappa shape index (κ1) is 11.4. The van der Waals surface area contributed by atoms with E-state index in [1.165, 1.54) is 19.4 Å². The Morgan fingerprint density at radius 2 is 1.93 bits per heavy atom. The molecule has 2 atom stereocenters. The van der Waals surface area contributed by atoms with Gasteiger partial charge in [0.15, 0.2) is 0 Å². The molecule has 1 saturated heterocycles. The SMILES string of the molecule is CC(CNC1CC1)C(C)N1CCOCC1. The van der Waals surface area contributed by atoms with Crippen LogP contribution < -0.4 is 5.32 Å². The summed E-state index contributed by atoms with van der Waals surface area (Å²) in [6.07, 6.45) is 2.78. The minimum atomic E-state index is 0.681. The highest BCUT2D eigenvalue weighted by molar-refractivity contribution is 4.83. The van der Waals surface area contributed by atoms with Crippen LogP contribution in [0.15, 0.2) is 0 Å². The first-order valence-electron chi connectivity index (χ1n) is 6.32. The second kappa shape index (κ2) is 5.28. The van der Waals surface area contributed by atoms with Gasteiger partial charge in [-0.05, 0) is 32.2 Å². The molecule has 2 fully saturated rings. The third-order valence-electron chi connectivity index (χ3n) is 3.75. The second-order valence-electron chi connectivity index (χ2n) is 5.05. The van der Waals surface area contributed by atoms with Gasteiger partial charge in [0.2, 0.25) is 0 Å². The van der Waals surface area contributed by atoms with E-state index in [0.29, 0.717) is 6.04 Å². The molecule has 0 aromatic carbocycles. The van der Waals surface area contributed by atoms with Crippen molar-refractivity contribution in [1.82, 2.24) is 10.2 Å². The molecule has 0 spiro atoms. The van der Waals surface area contributed by atoms with E-state index in [1.54, 1.807) is 0 Å². The molecule has 2 unspecified atom stereocenters. The molecular weight excluding hydrogens is 188 g/mol. The fraction of sp³-hybridized carbons (Fsp3) is 1.00. The summed E-state index contributed by atoms with van der Waals surface area (Å²) in [6.45, 7) is 9.91. The summed E-state index contributed by atoms with van der Waals surface area (Å²) in [5.74, 6) is 0.740. The van der Waals surface area contributed by atoms with Crippen LogP contribution in [0.1, 0.15) is 26.7 Å². The smallest absolute Gasteiger partial charge is 0.0594 e. The Morgan fingerprint density at radius 1 is 1.27 bits per heavy atom. The lowest BCUT2D eigenvalue weighted by molar-refractivity contribution is 0.00918. The highest BCUT2D eigenvalue weighted by atomic mass is 16.5. The lowest BCUT2D eigenvalue weighted by atomic mass is 10.0. The number of rotatable bonds is 5. The molecule has 2 rings (SSSR count). The normalized spacial score (nSPS) is 27.6. The molecule has 3 heteroatoms. The van der Waals surface area contributed by atoms with Crippen LogP contribution in [-0.2, 0) is 4.74 Å². The number of nitrogens with one attached hydrogen (secondary N) is 1. The first-order chi connectivity index (χ1) is 7.27. The van der Waals surface area contributed by atoms with Crippen LogP contribution in [0.4, 0.5) is 0 Å². The molecule has 3 nitrogen and oxygen atoms in total. The Labute approximate surface area is 93.2 Å². The zero-order chi connectivity index (χ0) is 10.7. The molecule has 88 valence electrons. The van der Waals surface area contributed by atoms with Crippen LogP contribution in [0.5, 0.6) is 0 Å². The number of hydrogen-bond donors (Lipinski definition) is 1. The van der Waals surface area contributed by atoms with Crippen molar-refractivity contribution in [2.75, 3.05) is 32.8 Å². The minimum Gasteiger partial charge on any atom is -0.379 e. The maximum atomic E-state index is 5.38. The molecule has 0 radical (unpaired) electrons. The molecule has 1 aliphatic carbocycles. The van der Waals surface area contributed by atoms with Crippen LogP contribution in [-0.4, -0.2) is 49.8 Å². The molecule has 0 aromatic heterocycles. The zero-order valence-electron chi connectivity index (χ0n) is 10.0. The molecule has 1 N–H and O–H groups in total. The van der Waals surface area contributed by atoms with Crippen molar-refractivity contribution >= 4 is 0 Å². The van der Waals surface area contributed by atoms with Gasteiger partial charge in [-0.1, -0.05) is 6.92 Å². The molecule has 0 aromatic rings. The first-order valence-corrected chi connectivity index (χ1v) is 6.32. The summed E-state index contributed by atoms with van der Waals surface area (Å²) < 4.78 is 5.38. The van der Waals surface area contributed by atoms with Crippen molar-refractivity contribution in [1.29, 1.82) is 0 Å². The number of hydrogen-bond acceptors (Lipinski definition) is 3. The third-order valence-corrected chi connectivity index (χ3v) is 3.75. The Bertz CT molecular complexity index is 188. The van der Waals surface area contributed by atoms with Gasteiger partial charge in [0, 0.05) is 25.2 Å². The molecule has 15 heavy (non-hydrogen) atoms. The molecule has 0 amide bonds. The van der Waals surface area contributed by atoms with E-state index in [4.69, 9.17) is 4.74 Å². The van der Waals surface area contributed by atoms with Crippen LogP contribution in [0.25, 0.3) is 0 Å². The van der Waals surface area contributed by atoms with Crippen LogP contribution in [0, 0.1) is 5.92 Å². The van der Waals surface area contributed by atoms with Gasteiger partial charge < -0.3 is 10.1 Å². The number of ether oxygens (including phenoxy) is 1. The summed E-state index contributed by atoms with van der Waals surface area (Å²) >= 11 is 0. The molecule has 1 heterocycles. The van der Waals surface area contributed by atoms with Gasteiger partial charge in [-0.2, -0.15) is 0 Å². The fourth-order valence-corrected chi connectivity index (χ4v) is 2.16. The van der Waals surface area contributed by atoms with Gasteiger partial charge in [-0.3, -0.25) is 4.90 Å². The average Bonchev–Trinajstić information content (AvgIpc) is 3.10. The van der Waals surface area contributed by atoms with Gasteiger partial charge >= 0.3 is 0 Å². The number of nitrogens with zero attached hydrogens (tertiary/aromatic N) is 1. The Hall–Kier alpha value is -0.120. The monoisotopic (exact) mass is 212 g/mol. The van der Waals surface area contributed by atoms with Crippen LogP contribution in [0.3, 0.4) is 0 Å². The van der Waals surface area contributed by atoms with E-state index in [9.17, 15) is 0 Å². The number of morpholine rings is 1. The molecule has 0 bridgehead atoms. The van der Waals surface area contributed by atoms with E-state index >= 15 is 0 Å². The predicted octanol–water partition coefficient (Wildman–Crippen LogP) is 1.10. The van der Waals surface area contributed by atoms with Crippen molar-refractivity contribution in [3.05, 3.63) is 0 Å². The van der Waals surface area contributed by atoms with Gasteiger partial charge in [0.1, 0.15) is 0 Å². The summed E-state index contributed by atoms with van der Waals surface area (Å²) in [7, 11) is 0. The zero-order valence-corrected chi connectivity index (χ0v) is 10.0. The van der Waals surface area contributed by atoms with Crippen molar-refractivity contribution in [3.63, 3.8) is 0 Å². The fourth-order valence-electron chi connectivity index (χ4n) is 2.16. The van der Waals surface area contributed by atoms with Crippen LogP contribution in [0.2, 0.25) is 0 Å². The average molecular weight is 212 g/mol. The standard InChI is InChI=1S/C12H24N2O/c1-10(9-13-12-3-4-12)11(2)14-5-7-15-8-6-14/h10-13H,3-9H2,1-2H3. The second-order valence-corrected chi connectivity index (χ2v) is 5.05. The summed E-state index contributed by atoms with van der Waals surface area (Å²) in [4.78, 5) is 2.56. The molecular formula is C12H24N2O. The topological polar surface area (TPSA) is 24.5 Å². The maximum absolute atomic E-state index is 5.38. The Balaban J connectivity index is 1.69. The highest BCUT2D eigenvalue weighted by Crippen LogP contribution is 2.20. The predicted molar refractivity (Wildman–Crippen MR) is 62.0 cm³/mol. The van der Waals surface area contributed by atoms with Crippen molar-refractivity contribution < 1.29 is 4.74 Å². The summed E-state index contributed by atoms with van der Waals surface area (Å²) in [5.41, 5.74) is 0. The summed E-state index contributed by atoms with van der Waals surface area (Å²) in [6, 6.07) is 1.52. The lowest BCUT2D eigenvalue weighted by Gasteiger charge is -2.35. The lowest BCUT2D eigenvalue weighted by Crippen LogP contribution is -2.47. The van der Waals surface area contributed by atoms with E-state index in [0.717, 1.165) is 38.3 Å². The quantitative estimate of drug-likeness (QED) is 0.738. The van der Waals surface area contributed by atoms with Gasteiger partial charge in [0.05, 0.1) is 13.2 Å². The minimum absolute atomic E-state index is 0.681. The summed E-state index contributed by atoms with van der Waals surface area (Å²) in [5, 5.41) is 3.62. The maximum Gasteiger partial charge on any atom is 0.0594 e. The molecule has 1 aliphatic heterocycles. The Kier molecular flexibility index (Phi) is 4.00. The van der Waals surface area contributed by atoms with E-state index in [-0.39, 0.29) is 0 Å². The molecule has 2 aliphatic rings. The highest BCUT2D eigenvalue weighted by Gasteiger charge is 2.25. The Morgan fingerprint density at radius 3 is 2.53 bits per heavy atom. The van der Waals surface area contributed by atoms with Crippen LogP contribution >= 0.6 is 0 Å². The largest absolute Gasteiger partial charge is 0.379 e. The van der Waals surface area contributed by atoms with Crippen molar-refractivity contribution in [2.45, 2.75) is 38.8 Å². The van der Waals surface area contributed by atoms with Crippen molar-refractivity contribution in [2.24, 2.45) is 5.92 Å². The van der Waals surface area contributed by atoms with E-state index < -0.39 is 0 Å². The van der Waals surface area contributed by atoms with Gasteiger partial charge in [-0.15, -0.1) is 0 Å². The van der Waals surface area contributed by atoms with Gasteiger partial charge in [-0.25, -0.2) is 0 Å². The van der Waals surface area contributed by atoms with E-state index in [1.807, 2.05) is 0 Å². The van der Waals surface area contributed by atoms with Crippen molar-refractivity contribution in [3.8, 4) is 0 Å². The molecule has 1 saturated carbocycles. The third kappa shape index (κ3) is 3.44. The van der Waals surface area contributed by atoms with E-state index in [2.05, 4.69) is 24.1 Å². The van der Waals surface area contributed by atoms with Gasteiger partial charge in [0.25, 0.3) is 0 Å².